The third kappa shape index (κ3) is 5.26. The molecule has 0 spiro atoms. The second kappa shape index (κ2) is 8.41. The van der Waals surface area contributed by atoms with Gasteiger partial charge in [-0.15, -0.1) is 0 Å². The van der Waals surface area contributed by atoms with E-state index >= 15 is 0 Å². The van der Waals surface area contributed by atoms with Gasteiger partial charge in [-0.3, -0.25) is 4.90 Å². The zero-order valence-electron chi connectivity index (χ0n) is 17.5. The van der Waals surface area contributed by atoms with Gasteiger partial charge in [0.25, 0.3) is 0 Å². The summed E-state index contributed by atoms with van der Waals surface area (Å²) in [7, 11) is -0.904. The third-order valence-electron chi connectivity index (χ3n) is 6.07. The van der Waals surface area contributed by atoms with E-state index in [2.05, 4.69) is 59.0 Å². The molecule has 0 aliphatic carbocycles. The Kier molecular flexibility index (Phi) is 6.34. The number of rotatable bonds is 5. The van der Waals surface area contributed by atoms with E-state index < -0.39 is 14.6 Å². The molecule has 1 fully saturated rings. The van der Waals surface area contributed by atoms with Crippen LogP contribution in [0, 0.1) is 17.8 Å². The minimum atomic E-state index is -3.03. The molecule has 1 aromatic carbocycles. The van der Waals surface area contributed by atoms with Gasteiger partial charge in [0.05, 0.1) is 4.75 Å². The van der Waals surface area contributed by atoms with Crippen LogP contribution < -0.4 is 0 Å². The summed E-state index contributed by atoms with van der Waals surface area (Å²) in [6.45, 7) is 8.47. The quantitative estimate of drug-likeness (QED) is 0.713. The van der Waals surface area contributed by atoms with Crippen molar-refractivity contribution in [1.82, 2.24) is 9.80 Å². The van der Waals surface area contributed by atoms with Gasteiger partial charge in [0.1, 0.15) is 0 Å². The normalized spacial score (nSPS) is 19.5. The third-order valence-corrected chi connectivity index (χ3v) is 8.28. The summed E-state index contributed by atoms with van der Waals surface area (Å²) >= 11 is 0. The molecule has 28 heavy (non-hydrogen) atoms. The highest BCUT2D eigenvalue weighted by molar-refractivity contribution is 7.92. The Bertz CT molecular complexity index is 883. The monoisotopic (exact) mass is 400 g/mol. The highest BCUT2D eigenvalue weighted by atomic mass is 32.2. The first-order valence-electron chi connectivity index (χ1n) is 10.1. The fourth-order valence-electron chi connectivity index (χ4n) is 3.53. The SMILES string of the molecule is CN1CC(C#Cc2ccc(C3=CCN(CCC(C)(C)S(C)(=O)=O)CC3)cc2)C1. The van der Waals surface area contributed by atoms with Crippen molar-refractivity contribution < 1.29 is 8.42 Å². The number of nitrogens with zero attached hydrogens (tertiary/aromatic N) is 2. The lowest BCUT2D eigenvalue weighted by Gasteiger charge is -2.32. The molecule has 3 rings (SSSR count). The van der Waals surface area contributed by atoms with Crippen molar-refractivity contribution in [3.63, 3.8) is 0 Å². The van der Waals surface area contributed by atoms with E-state index in [-0.39, 0.29) is 0 Å². The molecule has 5 heteroatoms. The van der Waals surface area contributed by atoms with Crippen molar-refractivity contribution in [2.45, 2.75) is 31.4 Å². The van der Waals surface area contributed by atoms with Gasteiger partial charge in [0, 0.05) is 43.9 Å². The van der Waals surface area contributed by atoms with Crippen LogP contribution in [-0.4, -0.2) is 69.0 Å². The van der Waals surface area contributed by atoms with Gasteiger partial charge in [0.15, 0.2) is 9.84 Å². The number of benzene rings is 1. The maximum atomic E-state index is 11.9. The highest BCUT2D eigenvalue weighted by Gasteiger charge is 2.30. The number of likely N-dealkylation sites (tertiary alicyclic amines) is 1. The molecular formula is C23H32N2O2S. The maximum absolute atomic E-state index is 11.9. The van der Waals surface area contributed by atoms with E-state index in [0.717, 1.165) is 44.7 Å². The van der Waals surface area contributed by atoms with Crippen molar-refractivity contribution in [2.24, 2.45) is 5.92 Å². The zero-order chi connectivity index (χ0) is 20.4. The standard InChI is InChI=1S/C23H32N2O2S/c1-23(2,28(4,26)27)13-16-25-14-11-22(12-15-25)21-9-7-19(8-10-21)5-6-20-17-24(3)18-20/h7-11,20H,12-18H2,1-4H3. The van der Waals surface area contributed by atoms with E-state index in [1.54, 1.807) is 0 Å². The molecule has 2 aliphatic heterocycles. The first-order valence-corrected chi connectivity index (χ1v) is 11.9. The smallest absolute Gasteiger partial charge is 0.152 e. The van der Waals surface area contributed by atoms with Crippen LogP contribution in [0.15, 0.2) is 30.3 Å². The summed E-state index contributed by atoms with van der Waals surface area (Å²) in [6.07, 6.45) is 5.28. The summed E-state index contributed by atoms with van der Waals surface area (Å²) in [5.74, 6) is 7.16. The molecule has 152 valence electrons. The van der Waals surface area contributed by atoms with Crippen LogP contribution >= 0.6 is 0 Å². The molecule has 0 aromatic heterocycles. The van der Waals surface area contributed by atoms with Crippen LogP contribution in [0.5, 0.6) is 0 Å². The predicted octanol–water partition coefficient (Wildman–Crippen LogP) is 2.90. The van der Waals surface area contributed by atoms with Crippen LogP contribution in [0.25, 0.3) is 5.57 Å². The number of hydrogen-bond donors (Lipinski definition) is 0. The Hall–Kier alpha value is -1.61. The van der Waals surface area contributed by atoms with Crippen molar-refractivity contribution in [2.75, 3.05) is 46.0 Å². The minimum absolute atomic E-state index is 0.518. The van der Waals surface area contributed by atoms with Gasteiger partial charge in [0.2, 0.25) is 0 Å². The van der Waals surface area contributed by atoms with Gasteiger partial charge in [-0.1, -0.05) is 30.0 Å². The molecule has 0 unspecified atom stereocenters. The molecule has 1 aromatic rings. The van der Waals surface area contributed by atoms with Gasteiger partial charge in [-0.05, 0) is 63.6 Å². The molecular weight excluding hydrogens is 368 g/mol. The summed E-state index contributed by atoms with van der Waals surface area (Å²) in [5.41, 5.74) is 3.73. The molecule has 4 nitrogen and oxygen atoms in total. The Morgan fingerprint density at radius 3 is 2.39 bits per heavy atom. The molecule has 2 aliphatic rings. The fourth-order valence-corrected chi connectivity index (χ4v) is 3.99. The molecule has 0 bridgehead atoms. The van der Waals surface area contributed by atoms with Crippen LogP contribution in [0.2, 0.25) is 0 Å². The highest BCUT2D eigenvalue weighted by Crippen LogP contribution is 2.25. The first kappa shape index (κ1) is 21.1. The van der Waals surface area contributed by atoms with E-state index in [0.29, 0.717) is 12.3 Å². The second-order valence-electron chi connectivity index (χ2n) is 8.83. The Labute approximate surface area is 170 Å². The lowest BCUT2D eigenvalue weighted by atomic mass is 9.97. The van der Waals surface area contributed by atoms with Crippen LogP contribution in [-0.2, 0) is 9.84 Å². The largest absolute Gasteiger partial charge is 0.304 e. The molecule has 0 radical (unpaired) electrons. The molecule has 0 amide bonds. The number of sulfone groups is 1. The van der Waals surface area contributed by atoms with Gasteiger partial charge >= 0.3 is 0 Å². The topological polar surface area (TPSA) is 40.6 Å². The van der Waals surface area contributed by atoms with E-state index in [4.69, 9.17) is 0 Å². The molecule has 1 saturated heterocycles. The van der Waals surface area contributed by atoms with E-state index in [1.807, 2.05) is 13.8 Å². The van der Waals surface area contributed by atoms with Crippen LogP contribution in [0.1, 0.15) is 37.8 Å². The van der Waals surface area contributed by atoms with Crippen molar-refractivity contribution >= 4 is 15.4 Å². The van der Waals surface area contributed by atoms with Gasteiger partial charge in [-0.2, -0.15) is 0 Å². The maximum Gasteiger partial charge on any atom is 0.152 e. The zero-order valence-corrected chi connectivity index (χ0v) is 18.3. The summed E-state index contributed by atoms with van der Waals surface area (Å²) in [6, 6.07) is 8.58. The summed E-state index contributed by atoms with van der Waals surface area (Å²) in [4.78, 5) is 4.62. The Balaban J connectivity index is 1.53. The average molecular weight is 401 g/mol. The lowest BCUT2D eigenvalue weighted by molar-refractivity contribution is 0.177. The lowest BCUT2D eigenvalue weighted by Crippen LogP contribution is -2.42. The fraction of sp³-hybridized carbons (Fsp3) is 0.565. The summed E-state index contributed by atoms with van der Waals surface area (Å²) < 4.78 is 23.1. The molecule has 0 atom stereocenters. The Morgan fingerprint density at radius 2 is 1.86 bits per heavy atom. The van der Waals surface area contributed by atoms with Crippen LogP contribution in [0.3, 0.4) is 0 Å². The molecule has 0 N–H and O–H groups in total. The van der Waals surface area contributed by atoms with E-state index in [1.165, 1.54) is 17.4 Å². The van der Waals surface area contributed by atoms with Crippen molar-refractivity contribution in [3.05, 3.63) is 41.5 Å². The van der Waals surface area contributed by atoms with Crippen molar-refractivity contribution in [1.29, 1.82) is 0 Å². The second-order valence-corrected chi connectivity index (χ2v) is 11.5. The predicted molar refractivity (Wildman–Crippen MR) is 117 cm³/mol. The Morgan fingerprint density at radius 1 is 1.18 bits per heavy atom. The van der Waals surface area contributed by atoms with E-state index in [9.17, 15) is 8.42 Å². The van der Waals surface area contributed by atoms with Crippen molar-refractivity contribution in [3.8, 4) is 11.8 Å². The average Bonchev–Trinajstić information content (AvgIpc) is 2.63. The molecule has 2 heterocycles. The minimum Gasteiger partial charge on any atom is -0.304 e. The van der Waals surface area contributed by atoms with Gasteiger partial charge < -0.3 is 4.90 Å². The van der Waals surface area contributed by atoms with Crippen LogP contribution in [0.4, 0.5) is 0 Å². The first-order chi connectivity index (χ1) is 13.1. The number of hydrogen-bond acceptors (Lipinski definition) is 4. The molecule has 0 saturated carbocycles. The summed E-state index contributed by atoms with van der Waals surface area (Å²) in [5, 5.41) is 0. The van der Waals surface area contributed by atoms with Gasteiger partial charge in [-0.25, -0.2) is 8.42 Å².